The van der Waals surface area contributed by atoms with Crippen molar-refractivity contribution in [2.75, 3.05) is 0 Å². The van der Waals surface area contributed by atoms with Gasteiger partial charge in [0.25, 0.3) is 0 Å². The molecule has 0 spiro atoms. The fraction of sp³-hybridized carbons (Fsp3) is 0.833. The lowest BCUT2D eigenvalue weighted by Gasteiger charge is -2.23. The van der Waals surface area contributed by atoms with Crippen LogP contribution in [0.5, 0.6) is 0 Å². The van der Waals surface area contributed by atoms with E-state index in [4.69, 9.17) is 5.73 Å². The molecule has 0 unspecified atom stereocenters. The number of hydrogen-bond acceptors (Lipinski definition) is 3. The van der Waals surface area contributed by atoms with Crippen molar-refractivity contribution in [1.29, 1.82) is 0 Å². The number of hydrogen-bond donors (Lipinski definition) is 1. The molecule has 0 atom stereocenters. The third kappa shape index (κ3) is 2.26. The van der Waals surface area contributed by atoms with Gasteiger partial charge in [0, 0.05) is 6.54 Å². The van der Waals surface area contributed by atoms with Crippen LogP contribution in [0, 0.1) is 0 Å². The Labute approximate surface area is 97.2 Å². The van der Waals surface area contributed by atoms with Crippen LogP contribution in [0.3, 0.4) is 0 Å². The van der Waals surface area contributed by atoms with E-state index in [0.29, 0.717) is 12.6 Å². The van der Waals surface area contributed by atoms with E-state index in [-0.39, 0.29) is 0 Å². The molecule has 1 aromatic rings. The van der Waals surface area contributed by atoms with Gasteiger partial charge in [0.15, 0.2) is 0 Å². The molecule has 0 aromatic carbocycles. The zero-order valence-electron chi connectivity index (χ0n) is 10.2. The molecule has 4 nitrogen and oxygen atoms in total. The summed E-state index contributed by atoms with van der Waals surface area (Å²) in [6.45, 7) is 2.71. The lowest BCUT2D eigenvalue weighted by atomic mass is 9.95. The summed E-state index contributed by atoms with van der Waals surface area (Å²) >= 11 is 0. The normalized spacial score (nSPS) is 17.9. The molecule has 1 fully saturated rings. The molecule has 0 bridgehead atoms. The summed E-state index contributed by atoms with van der Waals surface area (Å²) in [5.74, 6) is 0. The summed E-state index contributed by atoms with van der Waals surface area (Å²) in [5.41, 5.74) is 7.98. The van der Waals surface area contributed by atoms with E-state index in [2.05, 4.69) is 21.9 Å². The molecule has 90 valence electrons. The lowest BCUT2D eigenvalue weighted by Crippen LogP contribution is -2.17. The highest BCUT2D eigenvalue weighted by Gasteiger charge is 2.20. The Morgan fingerprint density at radius 3 is 2.69 bits per heavy atom. The average molecular weight is 222 g/mol. The maximum Gasteiger partial charge on any atom is 0.0994 e. The van der Waals surface area contributed by atoms with Crippen molar-refractivity contribution in [3.05, 3.63) is 11.4 Å². The van der Waals surface area contributed by atoms with Crippen LogP contribution in [-0.4, -0.2) is 15.0 Å². The second-order valence-corrected chi connectivity index (χ2v) is 4.67. The molecule has 1 aliphatic rings. The Hall–Kier alpha value is -0.900. The van der Waals surface area contributed by atoms with Crippen molar-refractivity contribution in [2.45, 2.75) is 64.5 Å². The second-order valence-electron chi connectivity index (χ2n) is 4.67. The van der Waals surface area contributed by atoms with Crippen molar-refractivity contribution in [3.8, 4) is 0 Å². The minimum absolute atomic E-state index is 0.516. The van der Waals surface area contributed by atoms with Crippen LogP contribution in [0.25, 0.3) is 0 Å². The molecule has 2 N–H and O–H groups in total. The molecule has 1 aliphatic carbocycles. The molecule has 0 amide bonds. The van der Waals surface area contributed by atoms with E-state index in [1.807, 2.05) is 0 Å². The van der Waals surface area contributed by atoms with Crippen LogP contribution in [0.2, 0.25) is 0 Å². The average Bonchev–Trinajstić information content (AvgIpc) is 2.74. The molecule has 0 radical (unpaired) electrons. The van der Waals surface area contributed by atoms with Crippen molar-refractivity contribution in [3.63, 3.8) is 0 Å². The van der Waals surface area contributed by atoms with Crippen LogP contribution >= 0.6 is 0 Å². The Morgan fingerprint density at radius 2 is 2.06 bits per heavy atom. The van der Waals surface area contributed by atoms with E-state index in [9.17, 15) is 0 Å². The van der Waals surface area contributed by atoms with Gasteiger partial charge in [-0.25, -0.2) is 4.68 Å². The molecule has 1 aromatic heterocycles. The van der Waals surface area contributed by atoms with Crippen LogP contribution in [0.15, 0.2) is 0 Å². The van der Waals surface area contributed by atoms with Crippen molar-refractivity contribution < 1.29 is 0 Å². The quantitative estimate of drug-likeness (QED) is 0.849. The van der Waals surface area contributed by atoms with Crippen molar-refractivity contribution in [2.24, 2.45) is 5.73 Å². The van der Waals surface area contributed by atoms with Gasteiger partial charge in [-0.15, -0.1) is 5.10 Å². The monoisotopic (exact) mass is 222 g/mol. The van der Waals surface area contributed by atoms with E-state index < -0.39 is 0 Å². The molecule has 0 aliphatic heterocycles. The first-order chi connectivity index (χ1) is 7.86. The van der Waals surface area contributed by atoms with Crippen LogP contribution in [0.1, 0.15) is 62.9 Å². The third-order valence-electron chi connectivity index (χ3n) is 3.47. The van der Waals surface area contributed by atoms with Gasteiger partial charge in [0.2, 0.25) is 0 Å². The number of aromatic nitrogens is 3. The Balaban J connectivity index is 2.20. The van der Waals surface area contributed by atoms with Gasteiger partial charge in [0.1, 0.15) is 0 Å². The Morgan fingerprint density at radius 1 is 1.31 bits per heavy atom. The van der Waals surface area contributed by atoms with Gasteiger partial charge in [0.05, 0.1) is 17.4 Å². The highest BCUT2D eigenvalue weighted by Crippen LogP contribution is 2.29. The van der Waals surface area contributed by atoms with Gasteiger partial charge >= 0.3 is 0 Å². The van der Waals surface area contributed by atoms with Crippen molar-refractivity contribution >= 4 is 0 Å². The van der Waals surface area contributed by atoms with Crippen LogP contribution in [-0.2, 0) is 13.0 Å². The first kappa shape index (κ1) is 11.6. The maximum absolute atomic E-state index is 5.71. The highest BCUT2D eigenvalue weighted by atomic mass is 15.4. The fourth-order valence-corrected chi connectivity index (χ4v) is 2.62. The summed E-state index contributed by atoms with van der Waals surface area (Å²) in [4.78, 5) is 0. The molecule has 16 heavy (non-hydrogen) atoms. The minimum atomic E-state index is 0.516. The molecular formula is C12H22N4. The van der Waals surface area contributed by atoms with E-state index in [0.717, 1.165) is 18.5 Å². The summed E-state index contributed by atoms with van der Waals surface area (Å²) in [6.07, 6.45) is 8.72. The van der Waals surface area contributed by atoms with Crippen LogP contribution < -0.4 is 5.73 Å². The van der Waals surface area contributed by atoms with Gasteiger partial charge in [-0.2, -0.15) is 0 Å². The fourth-order valence-electron chi connectivity index (χ4n) is 2.62. The summed E-state index contributed by atoms with van der Waals surface area (Å²) < 4.78 is 2.16. The molecule has 1 heterocycles. The first-order valence-corrected chi connectivity index (χ1v) is 6.49. The molecular weight excluding hydrogens is 200 g/mol. The van der Waals surface area contributed by atoms with Gasteiger partial charge < -0.3 is 5.73 Å². The predicted molar refractivity (Wildman–Crippen MR) is 64.0 cm³/mol. The first-order valence-electron chi connectivity index (χ1n) is 6.49. The SMILES string of the molecule is CCCc1c(CN)nnn1C1CCCCC1. The molecule has 2 rings (SSSR count). The van der Waals surface area contributed by atoms with Gasteiger partial charge in [-0.3, -0.25) is 0 Å². The van der Waals surface area contributed by atoms with Crippen LogP contribution in [0.4, 0.5) is 0 Å². The maximum atomic E-state index is 5.71. The second kappa shape index (κ2) is 5.43. The number of nitrogens with zero attached hydrogens (tertiary/aromatic N) is 3. The zero-order chi connectivity index (χ0) is 11.4. The van der Waals surface area contributed by atoms with Gasteiger partial charge in [-0.1, -0.05) is 37.8 Å². The summed E-state index contributed by atoms with van der Waals surface area (Å²) in [7, 11) is 0. The largest absolute Gasteiger partial charge is 0.325 e. The van der Waals surface area contributed by atoms with E-state index in [1.54, 1.807) is 0 Å². The summed E-state index contributed by atoms with van der Waals surface area (Å²) in [6, 6.07) is 0.572. The number of rotatable bonds is 4. The predicted octanol–water partition coefficient (Wildman–Crippen LogP) is 2.19. The molecule has 1 saturated carbocycles. The number of nitrogens with two attached hydrogens (primary N) is 1. The topological polar surface area (TPSA) is 56.7 Å². The zero-order valence-corrected chi connectivity index (χ0v) is 10.2. The van der Waals surface area contributed by atoms with E-state index >= 15 is 0 Å². The smallest absolute Gasteiger partial charge is 0.0994 e. The highest BCUT2D eigenvalue weighted by molar-refractivity contribution is 5.11. The molecule has 0 saturated heterocycles. The standard InChI is InChI=1S/C12H22N4/c1-2-6-12-11(9-13)14-15-16(12)10-7-4-3-5-8-10/h10H,2-9,13H2,1H3. The Bertz CT molecular complexity index is 326. The third-order valence-corrected chi connectivity index (χ3v) is 3.47. The van der Waals surface area contributed by atoms with Crippen molar-refractivity contribution in [1.82, 2.24) is 15.0 Å². The molecule has 4 heteroatoms. The van der Waals surface area contributed by atoms with Gasteiger partial charge in [-0.05, 0) is 19.3 Å². The Kier molecular flexibility index (Phi) is 3.93. The van der Waals surface area contributed by atoms with E-state index in [1.165, 1.54) is 37.8 Å². The lowest BCUT2D eigenvalue weighted by molar-refractivity contribution is 0.317. The minimum Gasteiger partial charge on any atom is -0.325 e. The summed E-state index contributed by atoms with van der Waals surface area (Å²) in [5, 5.41) is 8.53.